The van der Waals surface area contributed by atoms with E-state index in [1.165, 1.54) is 0 Å². The summed E-state index contributed by atoms with van der Waals surface area (Å²) in [4.78, 5) is 0. The Morgan fingerprint density at radius 3 is 2.17 bits per heavy atom. The lowest BCUT2D eigenvalue weighted by Gasteiger charge is -2.15. The first-order valence-electron chi connectivity index (χ1n) is 7.54. The molecular weight excluding hydrogens is 294 g/mol. The summed E-state index contributed by atoms with van der Waals surface area (Å²) < 4.78 is 22.0. The maximum atomic E-state index is 5.85. The molecule has 0 aromatic heterocycles. The molecule has 0 spiro atoms. The first-order chi connectivity index (χ1) is 11.3. The second-order valence-electron chi connectivity index (χ2n) is 4.86. The minimum atomic E-state index is 0.421. The predicted molar refractivity (Wildman–Crippen MR) is 89.7 cm³/mol. The van der Waals surface area contributed by atoms with E-state index in [1.54, 1.807) is 14.2 Å². The Morgan fingerprint density at radius 1 is 0.826 bits per heavy atom. The molecule has 0 aliphatic heterocycles. The quantitative estimate of drug-likeness (QED) is 0.720. The maximum absolute atomic E-state index is 5.85. The summed E-state index contributed by atoms with van der Waals surface area (Å²) >= 11 is 0. The average molecular weight is 317 g/mol. The highest BCUT2D eigenvalue weighted by atomic mass is 16.5. The van der Waals surface area contributed by atoms with Gasteiger partial charge in [-0.3, -0.25) is 0 Å². The maximum Gasteiger partial charge on any atom is 0.164 e. The molecule has 0 bridgehead atoms. The monoisotopic (exact) mass is 317 g/mol. The Balaban J connectivity index is 1.90. The summed E-state index contributed by atoms with van der Waals surface area (Å²) in [5, 5.41) is 0. The lowest BCUT2D eigenvalue weighted by Crippen LogP contribution is -2.12. The van der Waals surface area contributed by atoms with Gasteiger partial charge in [0.1, 0.15) is 24.7 Å². The SMILES string of the molecule is COc1ccc(OCCOc2c(CCN)cccc2OC)cc1. The number of rotatable bonds is 9. The van der Waals surface area contributed by atoms with Crippen molar-refractivity contribution in [3.63, 3.8) is 0 Å². The van der Waals surface area contributed by atoms with Crippen LogP contribution in [0.15, 0.2) is 42.5 Å². The van der Waals surface area contributed by atoms with E-state index in [0.717, 1.165) is 29.2 Å². The Kier molecular flexibility index (Phi) is 6.56. The second kappa shape index (κ2) is 8.90. The van der Waals surface area contributed by atoms with Gasteiger partial charge in [0.25, 0.3) is 0 Å². The smallest absolute Gasteiger partial charge is 0.164 e. The zero-order valence-corrected chi connectivity index (χ0v) is 13.6. The average Bonchev–Trinajstić information content (AvgIpc) is 2.60. The van der Waals surface area contributed by atoms with Crippen LogP contribution in [0.4, 0.5) is 0 Å². The van der Waals surface area contributed by atoms with Crippen molar-refractivity contribution in [2.24, 2.45) is 5.73 Å². The predicted octanol–water partition coefficient (Wildman–Crippen LogP) is 2.66. The van der Waals surface area contributed by atoms with Gasteiger partial charge < -0.3 is 24.7 Å². The van der Waals surface area contributed by atoms with Crippen LogP contribution in [0.3, 0.4) is 0 Å². The third kappa shape index (κ3) is 4.79. The van der Waals surface area contributed by atoms with Crippen LogP contribution in [0.25, 0.3) is 0 Å². The lowest BCUT2D eigenvalue weighted by atomic mass is 10.1. The number of benzene rings is 2. The normalized spacial score (nSPS) is 10.2. The van der Waals surface area contributed by atoms with Crippen LogP contribution in [0.1, 0.15) is 5.56 Å². The van der Waals surface area contributed by atoms with Crippen LogP contribution in [-0.4, -0.2) is 34.0 Å². The molecule has 0 heterocycles. The van der Waals surface area contributed by atoms with Gasteiger partial charge >= 0.3 is 0 Å². The fraction of sp³-hybridized carbons (Fsp3) is 0.333. The molecule has 0 fully saturated rings. The van der Waals surface area contributed by atoms with E-state index in [-0.39, 0.29) is 0 Å². The topological polar surface area (TPSA) is 62.9 Å². The Labute approximate surface area is 136 Å². The van der Waals surface area contributed by atoms with Gasteiger partial charge in [-0.25, -0.2) is 0 Å². The van der Waals surface area contributed by atoms with Crippen molar-refractivity contribution >= 4 is 0 Å². The van der Waals surface area contributed by atoms with E-state index in [4.69, 9.17) is 24.7 Å². The van der Waals surface area contributed by atoms with Crippen LogP contribution >= 0.6 is 0 Å². The molecule has 2 rings (SSSR count). The summed E-state index contributed by atoms with van der Waals surface area (Å²) in [6, 6.07) is 13.2. The van der Waals surface area contributed by atoms with Gasteiger partial charge in [-0.1, -0.05) is 12.1 Å². The zero-order valence-electron chi connectivity index (χ0n) is 13.6. The molecule has 0 saturated carbocycles. The molecule has 2 aromatic rings. The lowest BCUT2D eigenvalue weighted by molar-refractivity contribution is 0.210. The van der Waals surface area contributed by atoms with Crippen molar-refractivity contribution in [2.45, 2.75) is 6.42 Å². The molecule has 5 heteroatoms. The highest BCUT2D eigenvalue weighted by Gasteiger charge is 2.10. The van der Waals surface area contributed by atoms with Crippen molar-refractivity contribution in [3.05, 3.63) is 48.0 Å². The molecule has 5 nitrogen and oxygen atoms in total. The van der Waals surface area contributed by atoms with Gasteiger partial charge in [0.15, 0.2) is 11.5 Å². The molecule has 2 N–H and O–H groups in total. The third-order valence-electron chi connectivity index (χ3n) is 3.35. The van der Waals surface area contributed by atoms with Gasteiger partial charge in [0, 0.05) is 0 Å². The fourth-order valence-corrected chi connectivity index (χ4v) is 2.21. The van der Waals surface area contributed by atoms with Crippen molar-refractivity contribution < 1.29 is 18.9 Å². The standard InChI is InChI=1S/C18H23NO4/c1-20-15-6-8-16(9-7-15)22-12-13-23-18-14(10-11-19)4-3-5-17(18)21-2/h3-9H,10-13,19H2,1-2H3. The van der Waals surface area contributed by atoms with E-state index in [1.807, 2.05) is 42.5 Å². The molecule has 0 radical (unpaired) electrons. The second-order valence-corrected chi connectivity index (χ2v) is 4.86. The highest BCUT2D eigenvalue weighted by Crippen LogP contribution is 2.31. The minimum absolute atomic E-state index is 0.421. The largest absolute Gasteiger partial charge is 0.497 e. The van der Waals surface area contributed by atoms with Crippen molar-refractivity contribution in [2.75, 3.05) is 34.0 Å². The number of hydrogen-bond acceptors (Lipinski definition) is 5. The summed E-state index contributed by atoms with van der Waals surface area (Å²) in [6.07, 6.45) is 0.742. The minimum Gasteiger partial charge on any atom is -0.497 e. The molecule has 0 atom stereocenters. The third-order valence-corrected chi connectivity index (χ3v) is 3.35. The molecule has 0 saturated heterocycles. The molecule has 124 valence electrons. The van der Waals surface area contributed by atoms with E-state index in [2.05, 4.69) is 0 Å². The number of hydrogen-bond donors (Lipinski definition) is 1. The van der Waals surface area contributed by atoms with Crippen molar-refractivity contribution in [3.8, 4) is 23.0 Å². The Morgan fingerprint density at radius 2 is 1.52 bits per heavy atom. The number of para-hydroxylation sites is 1. The summed E-state index contributed by atoms with van der Waals surface area (Å²) in [5.74, 6) is 3.02. The number of ether oxygens (including phenoxy) is 4. The van der Waals surface area contributed by atoms with Crippen LogP contribution in [0.2, 0.25) is 0 Å². The first-order valence-corrected chi connectivity index (χ1v) is 7.54. The van der Waals surface area contributed by atoms with Gasteiger partial charge in [-0.15, -0.1) is 0 Å². The van der Waals surface area contributed by atoms with Crippen LogP contribution < -0.4 is 24.7 Å². The Hall–Kier alpha value is -2.40. The summed E-state index contributed by atoms with van der Waals surface area (Å²) in [6.45, 7) is 1.42. The van der Waals surface area contributed by atoms with Crippen LogP contribution in [0, 0.1) is 0 Å². The zero-order chi connectivity index (χ0) is 16.5. The molecular formula is C18H23NO4. The van der Waals surface area contributed by atoms with Crippen molar-refractivity contribution in [1.29, 1.82) is 0 Å². The van der Waals surface area contributed by atoms with E-state index in [0.29, 0.717) is 25.5 Å². The number of nitrogens with two attached hydrogens (primary N) is 1. The summed E-state index contributed by atoms with van der Waals surface area (Å²) in [5.41, 5.74) is 6.68. The van der Waals surface area contributed by atoms with Gasteiger partial charge in [-0.05, 0) is 48.9 Å². The fourth-order valence-electron chi connectivity index (χ4n) is 2.21. The Bertz CT molecular complexity index is 598. The van der Waals surface area contributed by atoms with E-state index < -0.39 is 0 Å². The molecule has 0 unspecified atom stereocenters. The summed E-state index contributed by atoms with van der Waals surface area (Å²) in [7, 11) is 3.26. The van der Waals surface area contributed by atoms with Gasteiger partial charge in [0.2, 0.25) is 0 Å². The molecule has 2 aromatic carbocycles. The van der Waals surface area contributed by atoms with E-state index >= 15 is 0 Å². The molecule has 0 amide bonds. The highest BCUT2D eigenvalue weighted by molar-refractivity contribution is 5.46. The van der Waals surface area contributed by atoms with Crippen LogP contribution in [0.5, 0.6) is 23.0 Å². The van der Waals surface area contributed by atoms with E-state index in [9.17, 15) is 0 Å². The molecule has 0 aliphatic carbocycles. The molecule has 0 aliphatic rings. The number of methoxy groups -OCH3 is 2. The van der Waals surface area contributed by atoms with Crippen molar-refractivity contribution in [1.82, 2.24) is 0 Å². The first kappa shape index (κ1) is 17.0. The van der Waals surface area contributed by atoms with Gasteiger partial charge in [-0.2, -0.15) is 0 Å². The van der Waals surface area contributed by atoms with Crippen LogP contribution in [-0.2, 0) is 6.42 Å². The van der Waals surface area contributed by atoms with Gasteiger partial charge in [0.05, 0.1) is 14.2 Å². The molecule has 23 heavy (non-hydrogen) atoms.